The van der Waals surface area contributed by atoms with E-state index in [0.29, 0.717) is 13.0 Å². The molecule has 0 radical (unpaired) electrons. The predicted molar refractivity (Wildman–Crippen MR) is 62.9 cm³/mol. The number of nitrogens with two attached hydrogens (primary N) is 1. The van der Waals surface area contributed by atoms with Gasteiger partial charge >= 0.3 is 6.01 Å². The van der Waals surface area contributed by atoms with Gasteiger partial charge in [0.15, 0.2) is 0 Å². The number of nitrogen functional groups attached to an aromatic ring is 1. The minimum Gasteiger partial charge on any atom is -0.463 e. The summed E-state index contributed by atoms with van der Waals surface area (Å²) in [6.07, 6.45) is 5.26. The minimum absolute atomic E-state index is 0.158. The van der Waals surface area contributed by atoms with E-state index in [0.717, 1.165) is 0 Å². The molecule has 0 aliphatic carbocycles. The van der Waals surface area contributed by atoms with E-state index in [1.54, 1.807) is 6.08 Å². The predicted octanol–water partition coefficient (Wildman–Crippen LogP) is -0.307. The van der Waals surface area contributed by atoms with Crippen molar-refractivity contribution in [3.63, 3.8) is 0 Å². The molecule has 0 saturated heterocycles. The molecule has 3 N–H and O–H groups in total. The Morgan fingerprint density at radius 3 is 3.00 bits per heavy atom. The molecule has 0 bridgehead atoms. The lowest BCUT2D eigenvalue weighted by atomic mass is 10.5. The zero-order valence-electron chi connectivity index (χ0n) is 9.52. The molecule has 0 aromatic carbocycles. The number of rotatable bonds is 6. The van der Waals surface area contributed by atoms with Gasteiger partial charge in [-0.05, 0) is 6.42 Å². The second kappa shape index (κ2) is 5.68. The van der Waals surface area contributed by atoms with Crippen molar-refractivity contribution in [3.05, 3.63) is 25.3 Å². The number of hydrazine groups is 1. The van der Waals surface area contributed by atoms with Crippen molar-refractivity contribution < 1.29 is 4.74 Å². The van der Waals surface area contributed by atoms with Crippen molar-refractivity contribution in [1.29, 1.82) is 0 Å². The minimum atomic E-state index is 0.158. The third-order valence-electron chi connectivity index (χ3n) is 1.91. The molecule has 0 fully saturated rings. The van der Waals surface area contributed by atoms with E-state index in [-0.39, 0.29) is 17.9 Å². The van der Waals surface area contributed by atoms with Crippen LogP contribution in [0.15, 0.2) is 25.3 Å². The highest BCUT2D eigenvalue weighted by Gasteiger charge is 2.08. The quantitative estimate of drug-likeness (QED) is 0.309. The molecule has 0 aliphatic rings. The van der Waals surface area contributed by atoms with Crippen molar-refractivity contribution in [3.8, 4) is 12.0 Å². The highest BCUT2D eigenvalue weighted by molar-refractivity contribution is 5.27. The second-order valence-electron chi connectivity index (χ2n) is 3.15. The third kappa shape index (κ3) is 2.77. The lowest BCUT2D eigenvalue weighted by molar-refractivity contribution is 0.297. The summed E-state index contributed by atoms with van der Waals surface area (Å²) in [6, 6.07) is 0.158. The molecule has 0 atom stereocenters. The third-order valence-corrected chi connectivity index (χ3v) is 1.91. The van der Waals surface area contributed by atoms with Crippen LogP contribution in [0.1, 0.15) is 6.42 Å². The summed E-state index contributed by atoms with van der Waals surface area (Å²) in [7, 11) is 0. The van der Waals surface area contributed by atoms with Crippen LogP contribution >= 0.6 is 0 Å². The Morgan fingerprint density at radius 1 is 1.44 bits per heavy atom. The van der Waals surface area contributed by atoms with Crippen LogP contribution in [0.5, 0.6) is 6.01 Å². The fourth-order valence-corrected chi connectivity index (χ4v) is 1.12. The van der Waals surface area contributed by atoms with E-state index in [1.165, 1.54) is 17.3 Å². The molecule has 94 valence electrons. The SMILES string of the molecule is C=CCCOc1nc(NN)nc(-n2cncn2)n1. The standard InChI is InChI=1S/C9H12N8O/c1-2-3-4-18-9-14-7(16-10)13-8(15-9)17-6-11-5-12-17/h2,5-6H,1,3-4,10H2,(H,13,14,15,16). The van der Waals surface area contributed by atoms with Crippen LogP contribution in [0.2, 0.25) is 0 Å². The first-order chi connectivity index (χ1) is 8.83. The van der Waals surface area contributed by atoms with Crippen LogP contribution < -0.4 is 16.0 Å². The topological polar surface area (TPSA) is 117 Å². The summed E-state index contributed by atoms with van der Waals surface area (Å²) in [6.45, 7) is 4.02. The Hall–Kier alpha value is -2.55. The molecular weight excluding hydrogens is 236 g/mol. The van der Waals surface area contributed by atoms with Gasteiger partial charge in [-0.25, -0.2) is 10.8 Å². The molecule has 18 heavy (non-hydrogen) atoms. The summed E-state index contributed by atoms with van der Waals surface area (Å²) in [5, 5.41) is 3.91. The normalized spacial score (nSPS) is 10.1. The number of hydrogen-bond donors (Lipinski definition) is 2. The molecule has 0 amide bonds. The van der Waals surface area contributed by atoms with Crippen molar-refractivity contribution in [2.45, 2.75) is 6.42 Å². The Balaban J connectivity index is 2.24. The molecule has 2 aromatic heterocycles. The molecule has 0 saturated carbocycles. The second-order valence-corrected chi connectivity index (χ2v) is 3.15. The van der Waals surface area contributed by atoms with Crippen LogP contribution in [-0.4, -0.2) is 36.3 Å². The Morgan fingerprint density at radius 2 is 2.33 bits per heavy atom. The van der Waals surface area contributed by atoms with Gasteiger partial charge in [0.25, 0.3) is 5.95 Å². The van der Waals surface area contributed by atoms with Crippen LogP contribution in [0.4, 0.5) is 5.95 Å². The lowest BCUT2D eigenvalue weighted by Gasteiger charge is -2.06. The fraction of sp³-hybridized carbons (Fsp3) is 0.222. The number of nitrogens with zero attached hydrogens (tertiary/aromatic N) is 6. The summed E-state index contributed by atoms with van der Waals surface area (Å²) >= 11 is 0. The zero-order valence-corrected chi connectivity index (χ0v) is 9.52. The molecule has 0 aliphatic heterocycles. The summed E-state index contributed by atoms with van der Waals surface area (Å²) in [4.78, 5) is 15.9. The van der Waals surface area contributed by atoms with Gasteiger partial charge in [0.1, 0.15) is 12.7 Å². The first-order valence-corrected chi connectivity index (χ1v) is 5.15. The first kappa shape index (κ1) is 11.9. The summed E-state index contributed by atoms with van der Waals surface area (Å²) in [5.41, 5.74) is 2.34. The van der Waals surface area contributed by atoms with E-state index in [9.17, 15) is 0 Å². The van der Waals surface area contributed by atoms with Gasteiger partial charge in [-0.3, -0.25) is 5.43 Å². The van der Waals surface area contributed by atoms with Crippen molar-refractivity contribution in [2.75, 3.05) is 12.0 Å². The molecule has 9 nitrogen and oxygen atoms in total. The van der Waals surface area contributed by atoms with E-state index >= 15 is 0 Å². The average Bonchev–Trinajstić information content (AvgIpc) is 2.92. The van der Waals surface area contributed by atoms with Gasteiger partial charge in [-0.2, -0.15) is 24.7 Å². The lowest BCUT2D eigenvalue weighted by Crippen LogP contribution is -2.15. The maximum Gasteiger partial charge on any atom is 0.323 e. The van der Waals surface area contributed by atoms with Crippen molar-refractivity contribution in [1.82, 2.24) is 29.7 Å². The maximum absolute atomic E-state index is 5.34. The number of nitrogens with one attached hydrogen (secondary N) is 1. The van der Waals surface area contributed by atoms with Gasteiger partial charge < -0.3 is 4.74 Å². The van der Waals surface area contributed by atoms with E-state index in [4.69, 9.17) is 10.6 Å². The summed E-state index contributed by atoms with van der Waals surface area (Å²) < 4.78 is 6.71. The molecule has 2 rings (SSSR count). The monoisotopic (exact) mass is 248 g/mol. The van der Waals surface area contributed by atoms with Gasteiger partial charge in [-0.15, -0.1) is 6.58 Å². The average molecular weight is 248 g/mol. The highest BCUT2D eigenvalue weighted by atomic mass is 16.5. The van der Waals surface area contributed by atoms with E-state index < -0.39 is 0 Å². The van der Waals surface area contributed by atoms with Crippen LogP contribution in [0.3, 0.4) is 0 Å². The molecule has 2 aromatic rings. The fourth-order valence-electron chi connectivity index (χ4n) is 1.12. The Kier molecular flexibility index (Phi) is 3.76. The molecule has 2 heterocycles. The number of aromatic nitrogens is 6. The zero-order chi connectivity index (χ0) is 12.8. The highest BCUT2D eigenvalue weighted by Crippen LogP contribution is 2.09. The van der Waals surface area contributed by atoms with Crippen molar-refractivity contribution >= 4 is 5.95 Å². The van der Waals surface area contributed by atoms with Crippen LogP contribution in [0, 0.1) is 0 Å². The molecular formula is C9H12N8O. The van der Waals surface area contributed by atoms with Gasteiger partial charge in [0.2, 0.25) is 5.95 Å². The Labute approximate surface area is 103 Å². The smallest absolute Gasteiger partial charge is 0.323 e. The first-order valence-electron chi connectivity index (χ1n) is 5.15. The Bertz CT molecular complexity index is 511. The largest absolute Gasteiger partial charge is 0.463 e. The van der Waals surface area contributed by atoms with E-state index in [1.807, 2.05) is 0 Å². The van der Waals surface area contributed by atoms with Gasteiger partial charge in [0.05, 0.1) is 6.61 Å². The molecule has 9 heteroatoms. The number of hydrogen-bond acceptors (Lipinski definition) is 8. The van der Waals surface area contributed by atoms with Gasteiger partial charge in [0, 0.05) is 0 Å². The maximum atomic E-state index is 5.34. The van der Waals surface area contributed by atoms with E-state index in [2.05, 4.69) is 37.0 Å². The van der Waals surface area contributed by atoms with Crippen LogP contribution in [0.25, 0.3) is 5.95 Å². The van der Waals surface area contributed by atoms with Crippen LogP contribution in [-0.2, 0) is 0 Å². The van der Waals surface area contributed by atoms with Gasteiger partial charge in [-0.1, -0.05) is 6.08 Å². The van der Waals surface area contributed by atoms with Crippen molar-refractivity contribution in [2.24, 2.45) is 5.84 Å². The number of anilines is 1. The molecule has 0 unspecified atom stereocenters. The number of ether oxygens (including phenoxy) is 1. The molecule has 0 spiro atoms. The summed E-state index contributed by atoms with van der Waals surface area (Å²) in [5.74, 6) is 5.73.